The number of aromatic nitrogens is 1. The van der Waals surface area contributed by atoms with Crippen LogP contribution in [0.15, 0.2) is 84.0 Å². The number of unbranched alkanes of at least 4 members (excludes halogenated alkanes) is 2. The maximum atomic E-state index is 15.1. The number of ether oxygens (including phenoxy) is 1. The Hall–Kier alpha value is -8.62. The van der Waals surface area contributed by atoms with E-state index in [1.165, 1.54) is 0 Å². The van der Waals surface area contributed by atoms with Crippen molar-refractivity contribution < 1.29 is 53.0 Å². The fourth-order valence-corrected chi connectivity index (χ4v) is 10.3. The fraction of sp³-hybridized carbons (Fsp3) is 0.483. The maximum absolute atomic E-state index is 15.1. The molecule has 1 fully saturated rings. The lowest BCUT2D eigenvalue weighted by Gasteiger charge is -2.38. The number of hydrogen-bond acceptors (Lipinski definition) is 13. The van der Waals surface area contributed by atoms with Crippen LogP contribution < -0.4 is 60.6 Å². The van der Waals surface area contributed by atoms with Gasteiger partial charge in [0.15, 0.2) is 5.96 Å². The topological polar surface area (TPSA) is 420 Å². The van der Waals surface area contributed by atoms with Gasteiger partial charge in [0.1, 0.15) is 42.3 Å². The molecular formula is C58H81N15O11. The van der Waals surface area contributed by atoms with Crippen LogP contribution in [0, 0.1) is 0 Å². The summed E-state index contributed by atoms with van der Waals surface area (Å²) < 4.78 is 5.52. The van der Waals surface area contributed by atoms with Crippen LogP contribution in [-0.4, -0.2) is 161 Å². The molecule has 0 saturated carbocycles. The number of nitrogens with zero attached hydrogens (tertiary/aromatic N) is 3. The van der Waals surface area contributed by atoms with Crippen LogP contribution in [0.5, 0.6) is 0 Å². The molecule has 6 rings (SSSR count). The molecule has 26 heteroatoms. The van der Waals surface area contributed by atoms with E-state index in [-0.39, 0.29) is 64.0 Å². The van der Waals surface area contributed by atoms with Crippen LogP contribution in [0.2, 0.25) is 0 Å². The van der Waals surface area contributed by atoms with E-state index < -0.39 is 102 Å². The Morgan fingerprint density at radius 3 is 1.90 bits per heavy atom. The number of hydrogen-bond donors (Lipinski definition) is 13. The zero-order valence-corrected chi connectivity index (χ0v) is 47.4. The number of rotatable bonds is 32. The fourth-order valence-electron chi connectivity index (χ4n) is 10.3. The summed E-state index contributed by atoms with van der Waals surface area (Å²) in [6.07, 6.45) is 3.08. The van der Waals surface area contributed by atoms with Crippen LogP contribution in [0.4, 0.5) is 4.79 Å². The molecular weight excluding hydrogens is 1080 g/mol. The van der Waals surface area contributed by atoms with Crippen molar-refractivity contribution in [3.63, 3.8) is 0 Å². The zero-order valence-electron chi connectivity index (χ0n) is 47.4. The Bertz CT molecular complexity index is 2940. The summed E-state index contributed by atoms with van der Waals surface area (Å²) in [6.45, 7) is 5.38. The number of aromatic amines is 1. The number of carboxylic acid groups (broad SMARTS) is 1. The highest BCUT2D eigenvalue weighted by Crippen LogP contribution is 2.26. The number of benzene rings is 3. The molecule has 9 amide bonds. The molecule has 7 atom stereocenters. The third-order valence-corrected chi connectivity index (χ3v) is 14.8. The standard InChI is InChI=1S/C58H81N15O11/c1-2-3-14-44(71-58(63)83)52(78)70-47(31-49(74)75)56(82)73-34-38-12-5-4-11-37(38)30-48(73)55(81)69-45(28-35-18-20-36(21-19-35)33-72-24-26-84-27-25-72)53(79)67-43(17-10-23-64-57(61)62)51(77)68-46(29-39-32-65-41-15-7-6-13-40(39)41)54(80)66-42(50(60)76)16-8-9-22-59/h4-7,11-13,15,18-21,32,42-48,65H,2-3,8-10,14,16-17,22-31,33-34,59H2,1H3,(H2,60,76)(H,66,80)(H,67,79)(H,68,77)(H,69,81)(H,70,78)(H,74,75)(H4,61,62,64)(H3,63,71,83)/t42-,43-,44-,45+,46-,47-,48-/m0/s1. The number of nitrogens with two attached hydrogens (primary N) is 5. The van der Waals surface area contributed by atoms with Gasteiger partial charge in [0.2, 0.25) is 41.4 Å². The van der Waals surface area contributed by atoms with Crippen molar-refractivity contribution in [2.45, 2.75) is 139 Å². The molecule has 84 heavy (non-hydrogen) atoms. The highest BCUT2D eigenvalue weighted by molar-refractivity contribution is 5.99. The van der Waals surface area contributed by atoms with Crippen molar-refractivity contribution in [2.75, 3.05) is 39.4 Å². The lowest BCUT2D eigenvalue weighted by molar-refractivity contribution is -0.148. The van der Waals surface area contributed by atoms with Gasteiger partial charge in [0, 0.05) is 69.1 Å². The van der Waals surface area contributed by atoms with E-state index in [9.17, 15) is 38.7 Å². The van der Waals surface area contributed by atoms with Gasteiger partial charge in [-0.05, 0) is 79.0 Å². The molecule has 1 aromatic heterocycles. The van der Waals surface area contributed by atoms with Crippen LogP contribution in [0.3, 0.4) is 0 Å². The number of guanidine groups is 1. The molecule has 4 aromatic rings. The van der Waals surface area contributed by atoms with Gasteiger partial charge in [-0.2, -0.15) is 0 Å². The first kappa shape index (κ1) is 64.5. The summed E-state index contributed by atoms with van der Waals surface area (Å²) in [7, 11) is 0. The van der Waals surface area contributed by atoms with Crippen molar-refractivity contribution in [2.24, 2.45) is 33.7 Å². The van der Waals surface area contributed by atoms with E-state index in [2.05, 4.69) is 46.8 Å². The van der Waals surface area contributed by atoms with Crippen molar-refractivity contribution in [1.29, 1.82) is 0 Å². The Kier molecular flexibility index (Phi) is 24.8. The number of urea groups is 1. The molecule has 2 aliphatic rings. The highest BCUT2D eigenvalue weighted by atomic mass is 16.5. The number of amides is 9. The largest absolute Gasteiger partial charge is 0.481 e. The molecule has 3 aromatic carbocycles. The van der Waals surface area contributed by atoms with Crippen LogP contribution >= 0.6 is 0 Å². The number of H-pyrrole nitrogens is 1. The van der Waals surface area contributed by atoms with Gasteiger partial charge in [0.25, 0.3) is 0 Å². The summed E-state index contributed by atoms with van der Waals surface area (Å²) in [6, 6.07) is 11.2. The third kappa shape index (κ3) is 19.5. The van der Waals surface area contributed by atoms with Crippen LogP contribution in [-0.2, 0) is 75.4 Å². The lowest BCUT2D eigenvalue weighted by atomic mass is 9.92. The first-order chi connectivity index (χ1) is 40.3. The zero-order chi connectivity index (χ0) is 60.7. The second kappa shape index (κ2) is 32.3. The Morgan fingerprint density at radius 2 is 1.25 bits per heavy atom. The molecule has 0 unspecified atom stereocenters. The van der Waals surface area contributed by atoms with Gasteiger partial charge in [-0.1, -0.05) is 86.5 Å². The lowest BCUT2D eigenvalue weighted by Crippen LogP contribution is -2.62. The number of fused-ring (bicyclic) bond motifs is 2. The molecule has 0 aliphatic carbocycles. The van der Waals surface area contributed by atoms with Crippen molar-refractivity contribution in [3.8, 4) is 0 Å². The first-order valence-electron chi connectivity index (χ1n) is 28.5. The number of para-hydroxylation sites is 1. The molecule has 0 bridgehead atoms. The number of carbonyl (C=O) groups excluding carboxylic acids is 8. The Labute approximate surface area is 487 Å². The maximum Gasteiger partial charge on any atom is 0.312 e. The molecule has 454 valence electrons. The van der Waals surface area contributed by atoms with E-state index in [0.717, 1.165) is 34.5 Å². The number of carbonyl (C=O) groups is 9. The normalized spacial score (nSPS) is 16.3. The summed E-state index contributed by atoms with van der Waals surface area (Å²) in [5.41, 5.74) is 32.4. The van der Waals surface area contributed by atoms with Gasteiger partial charge in [-0.3, -0.25) is 48.2 Å². The molecule has 3 heterocycles. The van der Waals surface area contributed by atoms with Gasteiger partial charge >= 0.3 is 12.0 Å². The van der Waals surface area contributed by atoms with E-state index in [1.807, 2.05) is 55.5 Å². The molecule has 1 saturated heterocycles. The molecule has 18 N–H and O–H groups in total. The van der Waals surface area contributed by atoms with Gasteiger partial charge < -0.3 is 80.3 Å². The Balaban J connectivity index is 1.34. The monoisotopic (exact) mass is 1160 g/mol. The minimum absolute atomic E-state index is 0.0404. The first-order valence-corrected chi connectivity index (χ1v) is 28.5. The van der Waals surface area contributed by atoms with Gasteiger partial charge in [-0.25, -0.2) is 4.79 Å². The van der Waals surface area contributed by atoms with E-state index in [0.29, 0.717) is 74.2 Å². The van der Waals surface area contributed by atoms with Gasteiger partial charge in [-0.15, -0.1) is 0 Å². The molecule has 0 radical (unpaired) electrons. The summed E-state index contributed by atoms with van der Waals surface area (Å²) in [5, 5.41) is 26.9. The van der Waals surface area contributed by atoms with Crippen molar-refractivity contribution in [3.05, 3.63) is 107 Å². The highest BCUT2D eigenvalue weighted by Gasteiger charge is 2.41. The summed E-state index contributed by atoms with van der Waals surface area (Å²) in [4.78, 5) is 136. The second-order valence-corrected chi connectivity index (χ2v) is 21.2. The van der Waals surface area contributed by atoms with E-state index >= 15 is 9.59 Å². The minimum Gasteiger partial charge on any atom is -0.481 e. The van der Waals surface area contributed by atoms with Crippen molar-refractivity contribution >= 4 is 70.2 Å². The smallest absolute Gasteiger partial charge is 0.312 e. The molecule has 26 nitrogen and oxygen atoms in total. The van der Waals surface area contributed by atoms with Crippen LogP contribution in [0.25, 0.3) is 10.9 Å². The Morgan fingerprint density at radius 1 is 0.667 bits per heavy atom. The van der Waals surface area contributed by atoms with Crippen LogP contribution in [0.1, 0.15) is 92.5 Å². The predicted molar refractivity (Wildman–Crippen MR) is 313 cm³/mol. The van der Waals surface area contributed by atoms with E-state index in [4.69, 9.17) is 33.4 Å². The predicted octanol–water partition coefficient (Wildman–Crippen LogP) is -0.468. The third-order valence-electron chi connectivity index (χ3n) is 14.8. The quantitative estimate of drug-likeness (QED) is 0.0167. The number of aliphatic imine (C=N–C) groups is 1. The molecule has 2 aliphatic heterocycles. The van der Waals surface area contributed by atoms with E-state index in [1.54, 1.807) is 30.5 Å². The number of carboxylic acids is 1. The number of morpholine rings is 1. The second-order valence-electron chi connectivity index (χ2n) is 21.2. The summed E-state index contributed by atoms with van der Waals surface area (Å²) >= 11 is 0. The summed E-state index contributed by atoms with van der Waals surface area (Å²) in [5.74, 6) is -7.41. The minimum atomic E-state index is -1.72. The van der Waals surface area contributed by atoms with Crippen molar-refractivity contribution in [1.82, 2.24) is 46.7 Å². The van der Waals surface area contributed by atoms with Gasteiger partial charge in [0.05, 0.1) is 19.6 Å². The number of primary amides is 2. The number of nitrogens with one attached hydrogen (secondary N) is 7. The number of aliphatic carboxylic acids is 1. The molecule has 0 spiro atoms. The average molecular weight is 1160 g/mol. The average Bonchev–Trinajstić information content (AvgIpc) is 4.04. The SMILES string of the molecule is CCCC[C@H](NC(N)=O)C(=O)N[C@@H](CC(=O)O)C(=O)N1Cc2ccccc2C[C@H]1C(=O)N[C@H](Cc1ccc(CN2CCOCC2)cc1)C(=O)N[C@@H](CCCN=C(N)N)C(=O)N[C@@H](Cc1c[nH]c2ccccc12)C(=O)N[C@@H](CCCCN)C(N)=O.